The Morgan fingerprint density at radius 1 is 1.00 bits per heavy atom. The van der Waals surface area contributed by atoms with Gasteiger partial charge in [-0.1, -0.05) is 67.9 Å². The predicted molar refractivity (Wildman–Crippen MR) is 137 cm³/mol. The van der Waals surface area contributed by atoms with Crippen LogP contribution in [0.5, 0.6) is 0 Å². The molecule has 4 aromatic rings. The molecule has 0 saturated heterocycles. The molecule has 0 saturated carbocycles. The molecule has 0 aliphatic rings. The van der Waals surface area contributed by atoms with E-state index in [1.165, 1.54) is 6.20 Å². The molecule has 0 spiro atoms. The number of benzene rings is 2. The number of tetrazole rings is 1. The molecular weight excluding hydrogens is 519 g/mol. The lowest BCUT2D eigenvalue weighted by atomic mass is 9.98. The van der Waals surface area contributed by atoms with E-state index in [1.54, 1.807) is 16.9 Å². The number of nitrogens with one attached hydrogen (secondary N) is 2. The molecule has 0 aliphatic carbocycles. The van der Waals surface area contributed by atoms with E-state index in [0.29, 0.717) is 30.3 Å². The van der Waals surface area contributed by atoms with Crippen LogP contribution in [0.2, 0.25) is 0 Å². The summed E-state index contributed by atoms with van der Waals surface area (Å²) in [5.41, 5.74) is -1.36. The molecule has 9 nitrogen and oxygen atoms in total. The van der Waals surface area contributed by atoms with Gasteiger partial charge in [0.25, 0.3) is 0 Å². The van der Waals surface area contributed by atoms with Gasteiger partial charge >= 0.3 is 15.5 Å². The van der Waals surface area contributed by atoms with E-state index in [-0.39, 0.29) is 0 Å². The number of aromatic nitrogens is 5. The minimum absolute atomic E-state index is 0.349. The van der Waals surface area contributed by atoms with Crippen molar-refractivity contribution in [3.8, 4) is 22.5 Å². The highest BCUT2D eigenvalue weighted by atomic mass is 32.2. The zero-order valence-electron chi connectivity index (χ0n) is 20.5. The first-order chi connectivity index (χ1) is 18.2. The summed E-state index contributed by atoms with van der Waals surface area (Å²) < 4.78 is 63.2. The summed E-state index contributed by atoms with van der Waals surface area (Å²) in [6.07, 6.45) is 3.25. The summed E-state index contributed by atoms with van der Waals surface area (Å²) in [7, 11) is -5.48. The number of hydrogen-bond acceptors (Lipinski definition) is 7. The molecule has 2 aromatic heterocycles. The molecule has 13 heteroatoms. The highest BCUT2D eigenvalue weighted by Crippen LogP contribution is 2.30. The summed E-state index contributed by atoms with van der Waals surface area (Å²) in [6.45, 7) is 2.53. The first-order valence-corrected chi connectivity index (χ1v) is 13.3. The number of nitrogens with zero attached hydrogens (tertiary/aromatic N) is 5. The first kappa shape index (κ1) is 27.2. The molecule has 2 N–H and O–H groups in total. The molecular formula is C25H26F3N7O2S. The van der Waals surface area contributed by atoms with E-state index in [1.807, 2.05) is 60.4 Å². The van der Waals surface area contributed by atoms with Crippen LogP contribution in [0.1, 0.15) is 30.9 Å². The number of aromatic amines is 1. The maximum absolute atomic E-state index is 12.8. The Bertz CT molecular complexity index is 1440. The third-order valence-corrected chi connectivity index (χ3v) is 6.99. The molecule has 0 atom stereocenters. The fraction of sp³-hybridized carbons (Fsp3) is 0.280. The summed E-state index contributed by atoms with van der Waals surface area (Å²) in [5, 5.41) is 14.3. The normalized spacial score (nSPS) is 12.0. The quantitative estimate of drug-likeness (QED) is 0.281. The molecule has 0 aliphatic heterocycles. The van der Waals surface area contributed by atoms with Crippen molar-refractivity contribution in [2.75, 3.05) is 11.4 Å². The number of hydrogen-bond donors (Lipinski definition) is 2. The van der Waals surface area contributed by atoms with E-state index >= 15 is 0 Å². The van der Waals surface area contributed by atoms with Crippen molar-refractivity contribution < 1.29 is 21.6 Å². The van der Waals surface area contributed by atoms with Crippen LogP contribution >= 0.6 is 0 Å². The van der Waals surface area contributed by atoms with Gasteiger partial charge in [0.05, 0.1) is 0 Å². The van der Waals surface area contributed by atoms with Gasteiger partial charge in [-0.3, -0.25) is 0 Å². The lowest BCUT2D eigenvalue weighted by molar-refractivity contribution is -0.0448. The van der Waals surface area contributed by atoms with E-state index in [9.17, 15) is 21.6 Å². The van der Waals surface area contributed by atoms with Crippen LogP contribution in [0.3, 0.4) is 0 Å². The number of pyridine rings is 1. The molecule has 4 rings (SSSR count). The van der Waals surface area contributed by atoms with Crippen molar-refractivity contribution in [3.63, 3.8) is 0 Å². The van der Waals surface area contributed by atoms with E-state index in [0.717, 1.165) is 35.1 Å². The second-order valence-corrected chi connectivity index (χ2v) is 10.3. The monoisotopic (exact) mass is 545 g/mol. The minimum atomic E-state index is -5.48. The van der Waals surface area contributed by atoms with E-state index in [2.05, 4.69) is 25.6 Å². The minimum Gasteiger partial charge on any atom is -0.352 e. The van der Waals surface area contributed by atoms with Crippen molar-refractivity contribution in [1.82, 2.24) is 30.3 Å². The third kappa shape index (κ3) is 6.34. The van der Waals surface area contributed by atoms with Crippen molar-refractivity contribution in [1.29, 1.82) is 0 Å². The average Bonchev–Trinajstić information content (AvgIpc) is 3.45. The smallest absolute Gasteiger partial charge is 0.352 e. The number of rotatable bonds is 11. The van der Waals surface area contributed by atoms with Gasteiger partial charge in [-0.25, -0.2) is 18.1 Å². The van der Waals surface area contributed by atoms with Gasteiger partial charge in [0.2, 0.25) is 5.82 Å². The number of H-pyrrole nitrogens is 1. The van der Waals surface area contributed by atoms with Crippen LogP contribution in [0, 0.1) is 0 Å². The van der Waals surface area contributed by atoms with Gasteiger partial charge in [0.15, 0.2) is 0 Å². The number of unbranched alkanes of at least 4 members (excludes halogenated alkanes) is 1. The lowest BCUT2D eigenvalue weighted by Crippen LogP contribution is -2.36. The van der Waals surface area contributed by atoms with Gasteiger partial charge in [-0.15, -0.1) is 10.2 Å². The number of alkyl halides is 3. The van der Waals surface area contributed by atoms with Crippen LogP contribution < -0.4 is 9.62 Å². The summed E-state index contributed by atoms with van der Waals surface area (Å²) in [6, 6.07) is 18.7. The Kier molecular flexibility index (Phi) is 8.37. The van der Waals surface area contributed by atoms with Crippen molar-refractivity contribution in [3.05, 3.63) is 78.0 Å². The number of halogens is 3. The van der Waals surface area contributed by atoms with Gasteiger partial charge < -0.3 is 4.90 Å². The molecule has 200 valence electrons. The largest absolute Gasteiger partial charge is 0.511 e. The van der Waals surface area contributed by atoms with Crippen LogP contribution in [0.4, 0.5) is 19.0 Å². The fourth-order valence-electron chi connectivity index (χ4n) is 3.93. The Balaban J connectivity index is 1.57. The molecule has 0 bridgehead atoms. The molecule has 0 unspecified atom stereocenters. The van der Waals surface area contributed by atoms with Crippen LogP contribution in [0.25, 0.3) is 22.5 Å². The highest BCUT2D eigenvalue weighted by Gasteiger charge is 2.45. The molecule has 0 amide bonds. The van der Waals surface area contributed by atoms with Crippen molar-refractivity contribution in [2.24, 2.45) is 0 Å². The standard InChI is InChI=1S/C25H26F3N7O2S/c1-2-3-15-35(24-20(7-6-14-29-24)16-30-38(36,37)25(26,27)28)17-18-10-12-19(13-11-18)21-8-4-5-9-22(21)23-31-33-34-32-23/h4-14,30H,2-3,15-17H2,1H3,(H,31,32,33,34). The summed E-state index contributed by atoms with van der Waals surface area (Å²) >= 11 is 0. The van der Waals surface area contributed by atoms with Gasteiger partial charge in [0, 0.05) is 37.0 Å². The number of sulfonamides is 1. The molecule has 0 radical (unpaired) electrons. The van der Waals surface area contributed by atoms with Crippen molar-refractivity contribution >= 4 is 15.8 Å². The van der Waals surface area contributed by atoms with Gasteiger partial charge in [-0.05, 0) is 34.4 Å². The Morgan fingerprint density at radius 3 is 2.39 bits per heavy atom. The molecule has 0 fully saturated rings. The Labute approximate surface area is 218 Å². The topological polar surface area (TPSA) is 117 Å². The van der Waals surface area contributed by atoms with Crippen LogP contribution in [0.15, 0.2) is 66.9 Å². The molecule has 38 heavy (non-hydrogen) atoms. The van der Waals surface area contributed by atoms with E-state index in [4.69, 9.17) is 0 Å². The van der Waals surface area contributed by atoms with Crippen LogP contribution in [-0.2, 0) is 23.1 Å². The third-order valence-electron chi connectivity index (χ3n) is 5.86. The molecule has 2 aromatic carbocycles. The zero-order valence-corrected chi connectivity index (χ0v) is 21.3. The van der Waals surface area contributed by atoms with Crippen molar-refractivity contribution in [2.45, 2.75) is 38.4 Å². The SMILES string of the molecule is CCCCN(Cc1ccc(-c2ccccc2-c2nn[nH]n2)cc1)c1ncccc1CNS(=O)(=O)C(F)(F)F. The Morgan fingerprint density at radius 2 is 1.74 bits per heavy atom. The maximum Gasteiger partial charge on any atom is 0.511 e. The Hall–Kier alpha value is -3.84. The second kappa shape index (κ2) is 11.7. The lowest BCUT2D eigenvalue weighted by Gasteiger charge is -2.26. The van der Waals surface area contributed by atoms with Crippen LogP contribution in [-0.4, -0.2) is 46.1 Å². The maximum atomic E-state index is 12.8. The second-order valence-electron chi connectivity index (χ2n) is 8.51. The van der Waals surface area contributed by atoms with E-state index < -0.39 is 22.1 Å². The highest BCUT2D eigenvalue weighted by molar-refractivity contribution is 7.90. The first-order valence-electron chi connectivity index (χ1n) is 11.9. The van der Waals surface area contributed by atoms with Gasteiger partial charge in [-0.2, -0.15) is 18.4 Å². The summed E-state index contributed by atoms with van der Waals surface area (Å²) in [5.74, 6) is 0.914. The zero-order chi connectivity index (χ0) is 27.2. The summed E-state index contributed by atoms with van der Waals surface area (Å²) in [4.78, 5) is 6.33. The fourth-order valence-corrected chi connectivity index (χ4v) is 4.44. The molecule has 2 heterocycles. The van der Waals surface area contributed by atoms with Gasteiger partial charge in [0.1, 0.15) is 5.82 Å². The average molecular weight is 546 g/mol. The number of anilines is 1. The predicted octanol–water partition coefficient (Wildman–Crippen LogP) is 4.67.